The lowest BCUT2D eigenvalue weighted by molar-refractivity contribution is -0.136. The van der Waals surface area contributed by atoms with Crippen LogP contribution < -0.4 is 25.6 Å². The number of imide groups is 2. The van der Waals surface area contributed by atoms with Gasteiger partial charge in [0.1, 0.15) is 11.9 Å². The van der Waals surface area contributed by atoms with Gasteiger partial charge in [-0.15, -0.1) is 11.3 Å². The highest BCUT2D eigenvalue weighted by Gasteiger charge is 2.45. The zero-order valence-electron chi connectivity index (χ0n) is 27.4. The smallest absolute Gasteiger partial charge is 0.262 e. The number of carbonyl (C=O) groups excluding carboxylic acids is 5. The average Bonchev–Trinajstić information content (AvgIpc) is 3.70. The molecule has 1 aromatic heterocycles. The Morgan fingerprint density at radius 2 is 1.69 bits per heavy atom. The molecular formula is C34H35F3N6O7S. The first-order valence-electron chi connectivity index (χ1n) is 16.6. The second kappa shape index (κ2) is 15.9. The number of nitrogens with one attached hydrogen (secondary N) is 3. The number of benzene rings is 2. The number of morpholine rings is 1. The molecule has 0 spiro atoms. The van der Waals surface area contributed by atoms with Gasteiger partial charge in [-0.05, 0) is 43.5 Å². The highest BCUT2D eigenvalue weighted by atomic mass is 32.1. The summed E-state index contributed by atoms with van der Waals surface area (Å²) in [5.41, 5.74) is 0.520. The number of fused-ring (bicyclic) bond motifs is 1. The van der Waals surface area contributed by atoms with Crippen LogP contribution in [0.25, 0.3) is 11.3 Å². The fourth-order valence-electron chi connectivity index (χ4n) is 6.03. The number of anilines is 2. The molecule has 2 saturated heterocycles. The van der Waals surface area contributed by atoms with Gasteiger partial charge in [0.2, 0.25) is 17.6 Å². The number of carbonyl (C=O) groups is 5. The van der Waals surface area contributed by atoms with Crippen LogP contribution >= 0.6 is 11.3 Å². The first-order chi connectivity index (χ1) is 24.6. The van der Waals surface area contributed by atoms with Crippen molar-refractivity contribution < 1.29 is 46.6 Å². The summed E-state index contributed by atoms with van der Waals surface area (Å²) in [5, 5.41) is 10.2. The Balaban J connectivity index is 0.915. The summed E-state index contributed by atoms with van der Waals surface area (Å²) in [7, 11) is 0. The molecule has 3 N–H and O–H groups in total. The zero-order chi connectivity index (χ0) is 36.1. The van der Waals surface area contributed by atoms with Gasteiger partial charge in [0.15, 0.2) is 23.3 Å². The van der Waals surface area contributed by atoms with Crippen molar-refractivity contribution in [1.29, 1.82) is 0 Å². The predicted octanol–water partition coefficient (Wildman–Crippen LogP) is 3.63. The van der Waals surface area contributed by atoms with Gasteiger partial charge in [-0.1, -0.05) is 12.8 Å². The van der Waals surface area contributed by atoms with E-state index < -0.39 is 59.6 Å². The molecule has 270 valence electrons. The maximum absolute atomic E-state index is 14.8. The first-order valence-corrected chi connectivity index (χ1v) is 17.5. The van der Waals surface area contributed by atoms with Crippen LogP contribution in [0.4, 0.5) is 24.0 Å². The van der Waals surface area contributed by atoms with Gasteiger partial charge in [0.25, 0.3) is 17.7 Å². The minimum absolute atomic E-state index is 0.00176. The molecule has 3 aliphatic rings. The maximum Gasteiger partial charge on any atom is 0.262 e. The number of piperidine rings is 1. The fourth-order valence-corrected chi connectivity index (χ4v) is 6.91. The normalized spacial score (nSPS) is 17.4. The van der Waals surface area contributed by atoms with Crippen molar-refractivity contribution in [1.82, 2.24) is 20.5 Å². The molecule has 1 atom stereocenters. The van der Waals surface area contributed by atoms with E-state index in [9.17, 15) is 37.1 Å². The number of rotatable bonds is 14. The molecule has 51 heavy (non-hydrogen) atoms. The van der Waals surface area contributed by atoms with Crippen LogP contribution in [-0.2, 0) is 19.1 Å². The van der Waals surface area contributed by atoms with Crippen LogP contribution in [0.15, 0.2) is 29.6 Å². The number of thiazole rings is 1. The molecule has 1 unspecified atom stereocenters. The van der Waals surface area contributed by atoms with Gasteiger partial charge in [0.05, 0.1) is 35.7 Å². The van der Waals surface area contributed by atoms with Crippen molar-refractivity contribution in [3.63, 3.8) is 0 Å². The molecule has 0 radical (unpaired) electrons. The summed E-state index contributed by atoms with van der Waals surface area (Å²) in [6.45, 7) is 2.65. The van der Waals surface area contributed by atoms with Gasteiger partial charge in [-0.25, -0.2) is 13.8 Å². The molecule has 13 nitrogen and oxygen atoms in total. The van der Waals surface area contributed by atoms with Crippen LogP contribution in [0.5, 0.6) is 5.75 Å². The SMILES string of the molecule is O=C(COc1c(-c2csc(N3CCOCC3)n2)ccc(F)c1F)NCCCCCCNc1cc2c(cc1F)C(=O)N(C1CCC(=O)NC1=O)C2=O. The van der Waals surface area contributed by atoms with E-state index in [4.69, 9.17) is 9.47 Å². The Hall–Kier alpha value is -5.03. The first kappa shape index (κ1) is 35.8. The molecular weight excluding hydrogens is 693 g/mol. The number of ether oxygens (including phenoxy) is 2. The average molecular weight is 729 g/mol. The number of unbranched alkanes of at least 4 members (excludes halogenated alkanes) is 3. The standard InChI is InChI=1S/C34H35F3N6O7S/c35-22-6-5-19(25-18-51-34(40-25)42-11-13-49-14-12-42)30(29(22)37)50-17-28(45)39-10-4-2-1-3-9-38-24-16-21-20(15-23(24)36)32(47)43(33(21)48)26-7-8-27(44)41-31(26)46/h5-6,15-16,18,26,38H,1-4,7-14,17H2,(H,39,45)(H,41,44,46). The van der Waals surface area contributed by atoms with Crippen molar-refractivity contribution in [2.75, 3.05) is 56.2 Å². The molecule has 5 amide bonds. The van der Waals surface area contributed by atoms with Crippen molar-refractivity contribution in [2.45, 2.75) is 44.6 Å². The third kappa shape index (κ3) is 7.99. The van der Waals surface area contributed by atoms with Crippen LogP contribution in [0.2, 0.25) is 0 Å². The van der Waals surface area contributed by atoms with Gasteiger partial charge >= 0.3 is 0 Å². The lowest BCUT2D eigenvalue weighted by Crippen LogP contribution is -2.54. The Labute approximate surface area is 294 Å². The van der Waals surface area contributed by atoms with E-state index in [0.717, 1.165) is 35.0 Å². The lowest BCUT2D eigenvalue weighted by Gasteiger charge is -2.27. The van der Waals surface area contributed by atoms with Crippen LogP contribution in [0.1, 0.15) is 59.2 Å². The van der Waals surface area contributed by atoms with E-state index in [0.29, 0.717) is 57.9 Å². The topological polar surface area (TPSA) is 159 Å². The number of amides is 5. The quantitative estimate of drug-likeness (QED) is 0.165. The molecule has 2 fully saturated rings. The van der Waals surface area contributed by atoms with Crippen LogP contribution in [-0.4, -0.2) is 91.5 Å². The van der Waals surface area contributed by atoms with Gasteiger partial charge in [-0.2, -0.15) is 4.39 Å². The Bertz CT molecular complexity index is 1850. The van der Waals surface area contributed by atoms with E-state index in [1.807, 2.05) is 4.90 Å². The summed E-state index contributed by atoms with van der Waals surface area (Å²) in [6.07, 6.45) is 2.69. The van der Waals surface area contributed by atoms with Crippen molar-refractivity contribution in [2.24, 2.45) is 0 Å². The Morgan fingerprint density at radius 1 is 0.961 bits per heavy atom. The molecule has 17 heteroatoms. The minimum Gasteiger partial charge on any atom is -0.480 e. The van der Waals surface area contributed by atoms with E-state index in [-0.39, 0.29) is 41.0 Å². The number of nitrogens with zero attached hydrogens (tertiary/aromatic N) is 3. The third-order valence-electron chi connectivity index (χ3n) is 8.72. The summed E-state index contributed by atoms with van der Waals surface area (Å²) < 4.78 is 54.5. The van der Waals surface area contributed by atoms with Crippen molar-refractivity contribution >= 4 is 51.7 Å². The molecule has 0 bridgehead atoms. The monoisotopic (exact) mass is 728 g/mol. The van der Waals surface area contributed by atoms with Gasteiger partial charge in [0, 0.05) is 43.5 Å². The summed E-state index contributed by atoms with van der Waals surface area (Å²) in [5.74, 6) is -6.66. The largest absolute Gasteiger partial charge is 0.480 e. The van der Waals surface area contributed by atoms with Gasteiger partial charge in [-0.3, -0.25) is 34.2 Å². The van der Waals surface area contributed by atoms with E-state index in [2.05, 4.69) is 20.9 Å². The second-order valence-corrected chi connectivity index (χ2v) is 13.0. The Kier molecular flexibility index (Phi) is 11.1. The van der Waals surface area contributed by atoms with Crippen LogP contribution in [0, 0.1) is 17.5 Å². The molecule has 0 saturated carbocycles. The molecule has 6 rings (SSSR count). The molecule has 3 aromatic rings. The Morgan fingerprint density at radius 3 is 2.43 bits per heavy atom. The summed E-state index contributed by atoms with van der Waals surface area (Å²) >= 11 is 1.37. The van der Waals surface area contributed by atoms with E-state index in [1.165, 1.54) is 23.5 Å². The highest BCUT2D eigenvalue weighted by Crippen LogP contribution is 2.36. The fraction of sp³-hybridized carbons (Fsp3) is 0.412. The van der Waals surface area contributed by atoms with E-state index >= 15 is 0 Å². The summed E-state index contributed by atoms with van der Waals surface area (Å²) in [6, 6.07) is 3.45. The predicted molar refractivity (Wildman–Crippen MR) is 179 cm³/mol. The number of hydrogen-bond acceptors (Lipinski definition) is 11. The van der Waals surface area contributed by atoms with Crippen molar-refractivity contribution in [3.05, 3.63) is 58.2 Å². The number of halogens is 3. The lowest BCUT2D eigenvalue weighted by atomic mass is 10.0. The van der Waals surface area contributed by atoms with Crippen molar-refractivity contribution in [3.8, 4) is 17.0 Å². The third-order valence-corrected chi connectivity index (χ3v) is 9.62. The molecule has 4 heterocycles. The number of hydrogen-bond donors (Lipinski definition) is 3. The minimum atomic E-state index is -1.20. The highest BCUT2D eigenvalue weighted by molar-refractivity contribution is 7.14. The molecule has 3 aliphatic heterocycles. The molecule has 0 aliphatic carbocycles. The summed E-state index contributed by atoms with van der Waals surface area (Å²) in [4.78, 5) is 69.4. The second-order valence-electron chi connectivity index (χ2n) is 12.2. The number of aromatic nitrogens is 1. The van der Waals surface area contributed by atoms with Crippen LogP contribution in [0.3, 0.4) is 0 Å². The zero-order valence-corrected chi connectivity index (χ0v) is 28.2. The maximum atomic E-state index is 14.8. The molecule has 2 aromatic carbocycles. The van der Waals surface area contributed by atoms with Gasteiger partial charge < -0.3 is 25.0 Å². The van der Waals surface area contributed by atoms with E-state index in [1.54, 1.807) is 5.38 Å².